The first-order chi connectivity index (χ1) is 9.17. The quantitative estimate of drug-likeness (QED) is 0.627. The standard InChI is InChI=1S/C13H18N2O4/c1-2-6-19-12-5-3-4-11(13(12)15(17)18)14-7-10(8-14)9-16/h3-5,10,16H,2,6-9H2,1H3. The molecule has 0 radical (unpaired) electrons. The zero-order valence-corrected chi connectivity index (χ0v) is 10.9. The summed E-state index contributed by atoms with van der Waals surface area (Å²) in [6.45, 7) is 3.83. The lowest BCUT2D eigenvalue weighted by atomic mass is 10.00. The van der Waals surface area contributed by atoms with E-state index in [0.717, 1.165) is 6.42 Å². The molecule has 0 spiro atoms. The largest absolute Gasteiger partial charge is 0.487 e. The van der Waals surface area contributed by atoms with Gasteiger partial charge in [-0.1, -0.05) is 13.0 Å². The molecule has 0 amide bonds. The molecule has 1 saturated heterocycles. The van der Waals surface area contributed by atoms with Gasteiger partial charge >= 0.3 is 5.69 Å². The van der Waals surface area contributed by atoms with Crippen LogP contribution < -0.4 is 9.64 Å². The Balaban J connectivity index is 2.25. The average molecular weight is 266 g/mol. The Morgan fingerprint density at radius 2 is 2.26 bits per heavy atom. The van der Waals surface area contributed by atoms with Gasteiger partial charge in [-0.2, -0.15) is 0 Å². The van der Waals surface area contributed by atoms with Crippen LogP contribution in [0.3, 0.4) is 0 Å². The molecule has 0 aliphatic carbocycles. The highest BCUT2D eigenvalue weighted by Crippen LogP contribution is 2.39. The number of rotatable bonds is 6. The second kappa shape index (κ2) is 5.88. The van der Waals surface area contributed by atoms with Crippen LogP contribution in [0.5, 0.6) is 5.75 Å². The van der Waals surface area contributed by atoms with E-state index in [2.05, 4.69) is 0 Å². The highest BCUT2D eigenvalue weighted by Gasteiger charge is 2.32. The SMILES string of the molecule is CCCOc1cccc(N2CC(CO)C2)c1[N+](=O)[O-]. The third kappa shape index (κ3) is 2.78. The molecule has 1 aliphatic rings. The van der Waals surface area contributed by atoms with E-state index in [1.54, 1.807) is 18.2 Å². The monoisotopic (exact) mass is 266 g/mol. The van der Waals surface area contributed by atoms with Gasteiger partial charge < -0.3 is 14.7 Å². The molecule has 19 heavy (non-hydrogen) atoms. The summed E-state index contributed by atoms with van der Waals surface area (Å²) >= 11 is 0. The molecule has 1 aromatic rings. The summed E-state index contributed by atoms with van der Waals surface area (Å²) in [5.74, 6) is 0.525. The molecule has 6 nitrogen and oxygen atoms in total. The number of hydrogen-bond acceptors (Lipinski definition) is 5. The Morgan fingerprint density at radius 3 is 2.84 bits per heavy atom. The number of ether oxygens (including phenoxy) is 1. The number of para-hydroxylation sites is 1. The molecule has 0 unspecified atom stereocenters. The fourth-order valence-electron chi connectivity index (χ4n) is 2.16. The van der Waals surface area contributed by atoms with Gasteiger partial charge in [0.05, 0.1) is 11.5 Å². The van der Waals surface area contributed by atoms with Gasteiger partial charge in [-0.3, -0.25) is 10.1 Å². The molecule has 2 rings (SSSR count). The lowest BCUT2D eigenvalue weighted by Gasteiger charge is -2.39. The van der Waals surface area contributed by atoms with Crippen LogP contribution in [-0.2, 0) is 0 Å². The second-order valence-electron chi connectivity index (χ2n) is 4.68. The zero-order chi connectivity index (χ0) is 13.8. The van der Waals surface area contributed by atoms with Crippen molar-refractivity contribution >= 4 is 11.4 Å². The van der Waals surface area contributed by atoms with Crippen LogP contribution in [0.2, 0.25) is 0 Å². The summed E-state index contributed by atoms with van der Waals surface area (Å²) in [6.07, 6.45) is 0.803. The van der Waals surface area contributed by atoms with E-state index in [-0.39, 0.29) is 18.2 Å². The molecule has 1 aromatic carbocycles. The van der Waals surface area contributed by atoms with E-state index < -0.39 is 4.92 Å². The highest BCUT2D eigenvalue weighted by molar-refractivity contribution is 5.70. The molecule has 1 aliphatic heterocycles. The minimum atomic E-state index is -0.396. The van der Waals surface area contributed by atoms with Crippen molar-refractivity contribution in [3.8, 4) is 5.75 Å². The van der Waals surface area contributed by atoms with Gasteiger partial charge in [0.15, 0.2) is 5.75 Å². The Hall–Kier alpha value is -1.82. The molecule has 6 heteroatoms. The van der Waals surface area contributed by atoms with Crippen LogP contribution >= 0.6 is 0 Å². The zero-order valence-electron chi connectivity index (χ0n) is 10.9. The lowest BCUT2D eigenvalue weighted by Crippen LogP contribution is -2.48. The van der Waals surface area contributed by atoms with Crippen molar-refractivity contribution in [1.29, 1.82) is 0 Å². The normalized spacial score (nSPS) is 15.2. The van der Waals surface area contributed by atoms with E-state index in [1.807, 2.05) is 11.8 Å². The maximum atomic E-state index is 11.3. The number of nitrogens with zero attached hydrogens (tertiary/aromatic N) is 2. The fourth-order valence-corrected chi connectivity index (χ4v) is 2.16. The van der Waals surface area contributed by atoms with Crippen LogP contribution in [-0.4, -0.2) is 36.3 Å². The van der Waals surface area contributed by atoms with Gasteiger partial charge in [-0.05, 0) is 18.6 Å². The van der Waals surface area contributed by atoms with Gasteiger partial charge in [0.2, 0.25) is 0 Å². The van der Waals surface area contributed by atoms with E-state index in [1.165, 1.54) is 0 Å². The predicted octanol–water partition coefficient (Wildman–Crippen LogP) is 1.81. The van der Waals surface area contributed by atoms with Crippen LogP contribution in [0.15, 0.2) is 18.2 Å². The number of aliphatic hydroxyl groups is 1. The number of nitro benzene ring substituents is 1. The highest BCUT2D eigenvalue weighted by atomic mass is 16.6. The minimum absolute atomic E-state index is 0.0207. The van der Waals surface area contributed by atoms with Crippen LogP contribution in [0.4, 0.5) is 11.4 Å². The number of anilines is 1. The third-order valence-corrected chi connectivity index (χ3v) is 3.18. The second-order valence-corrected chi connectivity index (χ2v) is 4.68. The van der Waals surface area contributed by atoms with Crippen LogP contribution in [0.25, 0.3) is 0 Å². The molecule has 1 heterocycles. The van der Waals surface area contributed by atoms with Crippen LogP contribution in [0, 0.1) is 16.0 Å². The van der Waals surface area contributed by atoms with Crippen molar-refractivity contribution in [1.82, 2.24) is 0 Å². The number of hydrogen-bond donors (Lipinski definition) is 1. The summed E-state index contributed by atoms with van der Waals surface area (Å²) in [7, 11) is 0. The lowest BCUT2D eigenvalue weighted by molar-refractivity contribution is -0.385. The number of benzene rings is 1. The maximum absolute atomic E-state index is 11.3. The van der Waals surface area contributed by atoms with Gasteiger partial charge in [0.25, 0.3) is 0 Å². The van der Waals surface area contributed by atoms with Gasteiger partial charge in [0, 0.05) is 25.6 Å². The Kier molecular flexibility index (Phi) is 4.21. The van der Waals surface area contributed by atoms with E-state index in [0.29, 0.717) is 31.1 Å². The van der Waals surface area contributed by atoms with Crippen molar-refractivity contribution < 1.29 is 14.8 Å². The first-order valence-corrected chi connectivity index (χ1v) is 6.43. The summed E-state index contributed by atoms with van der Waals surface area (Å²) in [6, 6.07) is 5.12. The van der Waals surface area contributed by atoms with Gasteiger partial charge in [-0.15, -0.1) is 0 Å². The number of nitro groups is 1. The van der Waals surface area contributed by atoms with Crippen molar-refractivity contribution in [2.24, 2.45) is 5.92 Å². The minimum Gasteiger partial charge on any atom is -0.487 e. The first kappa shape index (κ1) is 13.6. The molecule has 0 atom stereocenters. The van der Waals surface area contributed by atoms with Crippen molar-refractivity contribution in [2.75, 3.05) is 31.2 Å². The molecule has 0 aromatic heterocycles. The Bertz CT molecular complexity index is 458. The van der Waals surface area contributed by atoms with E-state index in [9.17, 15) is 10.1 Å². The average Bonchev–Trinajstić information content (AvgIpc) is 2.34. The van der Waals surface area contributed by atoms with E-state index >= 15 is 0 Å². The molecular formula is C13H18N2O4. The molecule has 0 saturated carbocycles. The van der Waals surface area contributed by atoms with E-state index in [4.69, 9.17) is 9.84 Å². The molecular weight excluding hydrogens is 248 g/mol. The molecule has 1 N–H and O–H groups in total. The van der Waals surface area contributed by atoms with Gasteiger partial charge in [-0.25, -0.2) is 0 Å². The summed E-state index contributed by atoms with van der Waals surface area (Å²) < 4.78 is 5.44. The van der Waals surface area contributed by atoms with Crippen molar-refractivity contribution in [2.45, 2.75) is 13.3 Å². The molecule has 0 bridgehead atoms. The summed E-state index contributed by atoms with van der Waals surface area (Å²) in [5, 5.41) is 20.3. The van der Waals surface area contributed by atoms with Crippen LogP contribution in [0.1, 0.15) is 13.3 Å². The smallest absolute Gasteiger partial charge is 0.333 e. The predicted molar refractivity (Wildman–Crippen MR) is 71.7 cm³/mol. The maximum Gasteiger partial charge on any atom is 0.333 e. The first-order valence-electron chi connectivity index (χ1n) is 6.43. The summed E-state index contributed by atoms with van der Waals surface area (Å²) in [5.41, 5.74) is 0.593. The Labute approximate surface area is 111 Å². The summed E-state index contributed by atoms with van der Waals surface area (Å²) in [4.78, 5) is 12.8. The van der Waals surface area contributed by atoms with Crippen molar-refractivity contribution in [3.05, 3.63) is 28.3 Å². The van der Waals surface area contributed by atoms with Gasteiger partial charge in [0.1, 0.15) is 5.69 Å². The third-order valence-electron chi connectivity index (χ3n) is 3.18. The number of aliphatic hydroxyl groups excluding tert-OH is 1. The topological polar surface area (TPSA) is 75.8 Å². The molecule has 104 valence electrons. The Morgan fingerprint density at radius 1 is 1.53 bits per heavy atom. The fraction of sp³-hybridized carbons (Fsp3) is 0.538. The van der Waals surface area contributed by atoms with Crippen molar-refractivity contribution in [3.63, 3.8) is 0 Å². The molecule has 1 fully saturated rings.